The largest absolute Gasteiger partial charge is 0.457 e. The van der Waals surface area contributed by atoms with Crippen LogP contribution in [0.15, 0.2) is 70.0 Å². The molecular weight excluding hydrogens is 575 g/mol. The maximum absolute atomic E-state index is 12.9. The minimum atomic E-state index is -3.80. The molecule has 0 fully saturated rings. The van der Waals surface area contributed by atoms with Gasteiger partial charge in [-0.3, -0.25) is 4.79 Å². The van der Waals surface area contributed by atoms with Crippen LogP contribution in [0.25, 0.3) is 0 Å². The summed E-state index contributed by atoms with van der Waals surface area (Å²) in [5.41, 5.74) is 1.68. The van der Waals surface area contributed by atoms with Gasteiger partial charge in [0.25, 0.3) is 0 Å². The van der Waals surface area contributed by atoms with E-state index in [1.807, 2.05) is 6.92 Å². The monoisotopic (exact) mass is 598 g/mol. The lowest BCUT2D eigenvalue weighted by atomic mass is 10.1. The number of aryl methyl sites for hydroxylation is 1. The van der Waals surface area contributed by atoms with Crippen LogP contribution in [0, 0.1) is 6.92 Å². The zero-order valence-corrected chi connectivity index (χ0v) is 23.3. The maximum atomic E-state index is 12.9. The van der Waals surface area contributed by atoms with E-state index in [2.05, 4.69) is 20.7 Å². The molecule has 1 unspecified atom stereocenters. The Balaban J connectivity index is 1.66. The lowest BCUT2D eigenvalue weighted by Gasteiger charge is -2.22. The first kappa shape index (κ1) is 27.5. The fourth-order valence-electron chi connectivity index (χ4n) is 3.34. The van der Waals surface area contributed by atoms with E-state index < -0.39 is 16.1 Å². The van der Waals surface area contributed by atoms with Crippen molar-refractivity contribution < 1.29 is 17.9 Å². The molecular formula is C25H25BrCl2N2O4S. The highest BCUT2D eigenvalue weighted by molar-refractivity contribution is 9.10. The molecule has 1 atom stereocenters. The minimum absolute atomic E-state index is 0.0137. The molecule has 0 aliphatic heterocycles. The molecule has 0 radical (unpaired) electrons. The van der Waals surface area contributed by atoms with Gasteiger partial charge in [-0.2, -0.15) is 0 Å². The number of halogens is 3. The number of nitrogens with one attached hydrogen (secondary N) is 1. The summed E-state index contributed by atoms with van der Waals surface area (Å²) in [5, 5.41) is 1.09. The standard InChI is InChI=1S/C25H25BrCl2N2O4S/c1-16-4-11-24(22(26)12-16)35(32,33)29-17(2)13-25(31)30(3)15-18-5-6-20(28)14-23(18)34-21-9-7-19(27)8-10-21/h4-12,14,17,29H,13,15H2,1-3H3. The number of hydrogen-bond acceptors (Lipinski definition) is 4. The van der Waals surface area contributed by atoms with Gasteiger partial charge in [-0.05, 0) is 83.9 Å². The van der Waals surface area contributed by atoms with Gasteiger partial charge < -0.3 is 9.64 Å². The van der Waals surface area contributed by atoms with Crippen molar-refractivity contribution in [3.05, 3.63) is 86.3 Å². The van der Waals surface area contributed by atoms with E-state index >= 15 is 0 Å². The SMILES string of the molecule is Cc1ccc(S(=O)(=O)NC(C)CC(=O)N(C)Cc2ccc(Cl)cc2Oc2ccc(Cl)cc2)c(Br)c1. The first-order chi connectivity index (χ1) is 16.4. The third kappa shape index (κ3) is 7.69. The summed E-state index contributed by atoms with van der Waals surface area (Å²) in [7, 11) is -2.14. The van der Waals surface area contributed by atoms with Gasteiger partial charge in [0.05, 0.1) is 4.90 Å². The number of amides is 1. The lowest BCUT2D eigenvalue weighted by molar-refractivity contribution is -0.130. The highest BCUT2D eigenvalue weighted by Crippen LogP contribution is 2.30. The van der Waals surface area contributed by atoms with Gasteiger partial charge >= 0.3 is 0 Å². The van der Waals surface area contributed by atoms with Crippen molar-refractivity contribution in [1.29, 1.82) is 0 Å². The fraction of sp³-hybridized carbons (Fsp3) is 0.240. The fourth-order valence-corrected chi connectivity index (χ4v) is 6.06. The van der Waals surface area contributed by atoms with Crippen LogP contribution >= 0.6 is 39.1 Å². The first-order valence-corrected chi connectivity index (χ1v) is 13.7. The molecule has 0 aromatic heterocycles. The van der Waals surface area contributed by atoms with E-state index in [1.165, 1.54) is 11.0 Å². The molecule has 35 heavy (non-hydrogen) atoms. The Kier molecular flexibility index (Phi) is 9.23. The molecule has 1 N–H and O–H groups in total. The summed E-state index contributed by atoms with van der Waals surface area (Å²) in [5.74, 6) is 0.866. The molecule has 0 spiro atoms. The van der Waals surface area contributed by atoms with E-state index in [0.29, 0.717) is 26.0 Å². The molecule has 0 bridgehead atoms. The number of nitrogens with zero attached hydrogens (tertiary/aromatic N) is 1. The summed E-state index contributed by atoms with van der Waals surface area (Å²) in [6.07, 6.45) is -0.0137. The third-order valence-electron chi connectivity index (χ3n) is 5.12. The Bertz CT molecular complexity index is 1320. The Labute approximate surface area is 224 Å². The van der Waals surface area contributed by atoms with Gasteiger partial charge in [0, 0.05) is 46.1 Å². The molecule has 6 nitrogen and oxygen atoms in total. The predicted octanol–water partition coefficient (Wildman–Crippen LogP) is 6.57. The number of carbonyl (C=O) groups is 1. The van der Waals surface area contributed by atoms with Gasteiger partial charge in [0.2, 0.25) is 15.9 Å². The zero-order valence-electron chi connectivity index (χ0n) is 19.4. The van der Waals surface area contributed by atoms with Crippen molar-refractivity contribution in [2.45, 2.75) is 37.8 Å². The van der Waals surface area contributed by atoms with Crippen molar-refractivity contribution in [3.8, 4) is 11.5 Å². The molecule has 0 saturated carbocycles. The normalized spacial score (nSPS) is 12.3. The van der Waals surface area contributed by atoms with Crippen LogP contribution in [0.1, 0.15) is 24.5 Å². The number of rotatable bonds is 9. The molecule has 10 heteroatoms. The van der Waals surface area contributed by atoms with Crippen LogP contribution in [-0.4, -0.2) is 32.3 Å². The molecule has 3 rings (SSSR count). The number of hydrogen-bond donors (Lipinski definition) is 1. The zero-order chi connectivity index (χ0) is 25.8. The first-order valence-electron chi connectivity index (χ1n) is 10.7. The second-order valence-electron chi connectivity index (χ2n) is 8.22. The van der Waals surface area contributed by atoms with E-state index in [4.69, 9.17) is 27.9 Å². The van der Waals surface area contributed by atoms with Crippen molar-refractivity contribution in [2.75, 3.05) is 7.05 Å². The molecule has 0 aliphatic rings. The van der Waals surface area contributed by atoms with Crippen molar-refractivity contribution in [1.82, 2.24) is 9.62 Å². The Hall–Kier alpha value is -2.10. The molecule has 3 aromatic carbocycles. The van der Waals surface area contributed by atoms with Crippen LogP contribution in [0.5, 0.6) is 11.5 Å². The summed E-state index contributed by atoms with van der Waals surface area (Å²) < 4.78 is 34.6. The molecule has 0 aliphatic carbocycles. The van der Waals surface area contributed by atoms with E-state index in [-0.39, 0.29) is 23.8 Å². The number of ether oxygens (including phenoxy) is 1. The second kappa shape index (κ2) is 11.8. The van der Waals surface area contributed by atoms with Crippen LogP contribution in [0.4, 0.5) is 0 Å². The van der Waals surface area contributed by atoms with E-state index in [1.54, 1.807) is 68.6 Å². The van der Waals surface area contributed by atoms with Crippen LogP contribution in [-0.2, 0) is 21.4 Å². The van der Waals surface area contributed by atoms with E-state index in [0.717, 1.165) is 11.1 Å². The van der Waals surface area contributed by atoms with Gasteiger partial charge in [-0.25, -0.2) is 13.1 Å². The summed E-state index contributed by atoms with van der Waals surface area (Å²) >= 11 is 15.4. The molecule has 0 saturated heterocycles. The topological polar surface area (TPSA) is 75.7 Å². The average Bonchev–Trinajstić information content (AvgIpc) is 2.76. The van der Waals surface area contributed by atoms with E-state index in [9.17, 15) is 13.2 Å². The number of benzene rings is 3. The Morgan fingerprint density at radius 3 is 2.37 bits per heavy atom. The van der Waals surface area contributed by atoms with Crippen LogP contribution < -0.4 is 9.46 Å². The Morgan fingerprint density at radius 2 is 1.71 bits per heavy atom. The number of carbonyl (C=O) groups excluding carboxylic acids is 1. The molecule has 0 heterocycles. The summed E-state index contributed by atoms with van der Waals surface area (Å²) in [6.45, 7) is 3.78. The minimum Gasteiger partial charge on any atom is -0.457 e. The molecule has 3 aromatic rings. The smallest absolute Gasteiger partial charge is 0.241 e. The third-order valence-corrected chi connectivity index (χ3v) is 8.17. The van der Waals surface area contributed by atoms with Crippen molar-refractivity contribution in [2.24, 2.45) is 0 Å². The Morgan fingerprint density at radius 1 is 1.06 bits per heavy atom. The van der Waals surface area contributed by atoms with Crippen LogP contribution in [0.3, 0.4) is 0 Å². The van der Waals surface area contributed by atoms with Crippen molar-refractivity contribution in [3.63, 3.8) is 0 Å². The molecule has 1 amide bonds. The van der Waals surface area contributed by atoms with Gasteiger partial charge in [0.1, 0.15) is 11.5 Å². The highest BCUT2D eigenvalue weighted by Gasteiger charge is 2.23. The van der Waals surface area contributed by atoms with Gasteiger partial charge in [0.15, 0.2) is 0 Å². The predicted molar refractivity (Wildman–Crippen MR) is 143 cm³/mol. The van der Waals surface area contributed by atoms with Crippen molar-refractivity contribution >= 4 is 55.1 Å². The summed E-state index contributed by atoms with van der Waals surface area (Å²) in [4.78, 5) is 14.5. The molecule has 186 valence electrons. The average molecular weight is 600 g/mol. The quantitative estimate of drug-likeness (QED) is 0.302. The highest BCUT2D eigenvalue weighted by atomic mass is 79.9. The maximum Gasteiger partial charge on any atom is 0.241 e. The van der Waals surface area contributed by atoms with Crippen LogP contribution in [0.2, 0.25) is 10.0 Å². The summed E-state index contributed by atoms with van der Waals surface area (Å²) in [6, 6.07) is 16.5. The number of sulfonamides is 1. The van der Waals surface area contributed by atoms with Gasteiger partial charge in [-0.15, -0.1) is 0 Å². The van der Waals surface area contributed by atoms with Gasteiger partial charge in [-0.1, -0.05) is 35.3 Å². The second-order valence-corrected chi connectivity index (χ2v) is 11.6. The lowest BCUT2D eigenvalue weighted by Crippen LogP contribution is -2.38.